The van der Waals surface area contributed by atoms with E-state index >= 15 is 0 Å². The van der Waals surface area contributed by atoms with Crippen molar-refractivity contribution in [1.82, 2.24) is 5.32 Å². The molecule has 0 aliphatic rings. The van der Waals surface area contributed by atoms with Crippen molar-refractivity contribution in [3.05, 3.63) is 24.8 Å². The highest BCUT2D eigenvalue weighted by Gasteiger charge is 2.12. The third-order valence-electron chi connectivity index (χ3n) is 2.02. The van der Waals surface area contributed by atoms with Gasteiger partial charge in [-0.15, -0.1) is 6.58 Å². The van der Waals surface area contributed by atoms with Gasteiger partial charge in [0.05, 0.1) is 0 Å². The number of amides is 1. The van der Waals surface area contributed by atoms with E-state index in [-0.39, 0.29) is 11.8 Å². The Morgan fingerprint density at radius 3 is 2.69 bits per heavy atom. The van der Waals surface area contributed by atoms with Gasteiger partial charge >= 0.3 is 0 Å². The van der Waals surface area contributed by atoms with Gasteiger partial charge in [0.1, 0.15) is 0 Å². The van der Waals surface area contributed by atoms with Crippen molar-refractivity contribution in [2.24, 2.45) is 5.92 Å². The van der Waals surface area contributed by atoms with E-state index in [1.165, 1.54) is 0 Å². The zero-order valence-electron chi connectivity index (χ0n) is 8.60. The fraction of sp³-hybridized carbons (Fsp3) is 0.545. The molecule has 2 nitrogen and oxygen atoms in total. The maximum absolute atomic E-state index is 11.4. The van der Waals surface area contributed by atoms with Crippen LogP contribution >= 0.6 is 0 Å². The summed E-state index contributed by atoms with van der Waals surface area (Å²) in [7, 11) is 0. The summed E-state index contributed by atoms with van der Waals surface area (Å²) in [4.78, 5) is 11.4. The zero-order valence-corrected chi connectivity index (χ0v) is 8.60. The Balaban J connectivity index is 3.94. The molecular weight excluding hydrogens is 162 g/mol. The Hall–Kier alpha value is -1.05. The summed E-state index contributed by atoms with van der Waals surface area (Å²) < 4.78 is 0. The van der Waals surface area contributed by atoms with E-state index in [1.807, 2.05) is 6.92 Å². The van der Waals surface area contributed by atoms with Gasteiger partial charge in [-0.3, -0.25) is 4.79 Å². The lowest BCUT2D eigenvalue weighted by Gasteiger charge is -2.12. The van der Waals surface area contributed by atoms with Gasteiger partial charge in [0, 0.05) is 12.1 Å². The van der Waals surface area contributed by atoms with Gasteiger partial charge in [0.25, 0.3) is 0 Å². The van der Waals surface area contributed by atoms with Crippen LogP contribution in [0, 0.1) is 5.92 Å². The predicted molar refractivity (Wildman–Crippen MR) is 56.4 cm³/mol. The quantitative estimate of drug-likeness (QED) is 0.494. The fourth-order valence-corrected chi connectivity index (χ4v) is 1.11. The van der Waals surface area contributed by atoms with E-state index < -0.39 is 0 Å². The van der Waals surface area contributed by atoms with Crippen LogP contribution in [-0.4, -0.2) is 12.5 Å². The Bertz CT molecular complexity index is 196. The standard InChI is InChI=1S/C11H19NO/c1-5-7-9(3)10(4)11(13)12-8-6-2/h6,9H,2,4-5,7-8H2,1,3H3,(H,12,13). The minimum atomic E-state index is -0.0548. The second-order valence-corrected chi connectivity index (χ2v) is 3.21. The average molecular weight is 181 g/mol. The van der Waals surface area contributed by atoms with Crippen molar-refractivity contribution in [2.75, 3.05) is 6.54 Å². The maximum atomic E-state index is 11.4. The molecule has 74 valence electrons. The summed E-state index contributed by atoms with van der Waals surface area (Å²) in [6.45, 7) is 11.9. The van der Waals surface area contributed by atoms with E-state index in [9.17, 15) is 4.79 Å². The molecule has 0 saturated carbocycles. The van der Waals surface area contributed by atoms with E-state index in [1.54, 1.807) is 6.08 Å². The first-order valence-electron chi connectivity index (χ1n) is 4.71. The molecule has 1 N–H and O–H groups in total. The molecule has 0 spiro atoms. The summed E-state index contributed by atoms with van der Waals surface area (Å²) in [5.74, 6) is 0.218. The molecule has 0 radical (unpaired) electrons. The number of carbonyl (C=O) groups is 1. The van der Waals surface area contributed by atoms with E-state index in [0.29, 0.717) is 12.1 Å². The highest BCUT2D eigenvalue weighted by Crippen LogP contribution is 2.14. The molecule has 13 heavy (non-hydrogen) atoms. The summed E-state index contributed by atoms with van der Waals surface area (Å²) in [6, 6.07) is 0. The molecule has 0 aromatic carbocycles. The Morgan fingerprint density at radius 2 is 2.23 bits per heavy atom. The van der Waals surface area contributed by atoms with Gasteiger partial charge in [0.15, 0.2) is 0 Å². The van der Waals surface area contributed by atoms with Gasteiger partial charge in [-0.1, -0.05) is 32.9 Å². The lowest BCUT2D eigenvalue weighted by atomic mass is 9.97. The van der Waals surface area contributed by atoms with Crippen LogP contribution in [-0.2, 0) is 4.79 Å². The van der Waals surface area contributed by atoms with Gasteiger partial charge in [-0.2, -0.15) is 0 Å². The van der Waals surface area contributed by atoms with E-state index in [0.717, 1.165) is 12.8 Å². The Labute approximate surface area is 80.7 Å². The van der Waals surface area contributed by atoms with Crippen LogP contribution in [0.2, 0.25) is 0 Å². The van der Waals surface area contributed by atoms with E-state index in [4.69, 9.17) is 0 Å². The molecule has 1 atom stereocenters. The minimum Gasteiger partial charge on any atom is -0.349 e. The van der Waals surface area contributed by atoms with Crippen molar-refractivity contribution in [2.45, 2.75) is 26.7 Å². The lowest BCUT2D eigenvalue weighted by molar-refractivity contribution is -0.117. The molecule has 0 aliphatic heterocycles. The van der Waals surface area contributed by atoms with Gasteiger partial charge in [-0.25, -0.2) is 0 Å². The maximum Gasteiger partial charge on any atom is 0.247 e. The molecule has 2 heteroatoms. The van der Waals surface area contributed by atoms with Crippen molar-refractivity contribution >= 4 is 5.91 Å². The Kier molecular flexibility index (Phi) is 5.94. The minimum absolute atomic E-state index is 0.0548. The van der Waals surface area contributed by atoms with Gasteiger partial charge in [0.2, 0.25) is 5.91 Å². The highest BCUT2D eigenvalue weighted by molar-refractivity contribution is 5.93. The largest absolute Gasteiger partial charge is 0.349 e. The number of carbonyl (C=O) groups excluding carboxylic acids is 1. The SMILES string of the molecule is C=CCNC(=O)C(=C)C(C)CCC. The van der Waals surface area contributed by atoms with Crippen LogP contribution in [0.25, 0.3) is 0 Å². The second kappa shape index (κ2) is 6.46. The summed E-state index contributed by atoms with van der Waals surface area (Å²) >= 11 is 0. The normalized spacial score (nSPS) is 11.8. The topological polar surface area (TPSA) is 29.1 Å². The molecule has 0 bridgehead atoms. The van der Waals surface area contributed by atoms with E-state index in [2.05, 4.69) is 25.4 Å². The monoisotopic (exact) mass is 181 g/mol. The van der Waals surface area contributed by atoms with Crippen molar-refractivity contribution in [3.63, 3.8) is 0 Å². The molecule has 0 saturated heterocycles. The smallest absolute Gasteiger partial charge is 0.247 e. The third-order valence-corrected chi connectivity index (χ3v) is 2.02. The summed E-state index contributed by atoms with van der Waals surface area (Å²) in [5.41, 5.74) is 0.670. The molecule has 0 aromatic rings. The van der Waals surface area contributed by atoms with Crippen LogP contribution in [0.3, 0.4) is 0 Å². The van der Waals surface area contributed by atoms with Crippen LogP contribution in [0.1, 0.15) is 26.7 Å². The fourth-order valence-electron chi connectivity index (χ4n) is 1.11. The molecule has 0 aromatic heterocycles. The number of hydrogen-bond acceptors (Lipinski definition) is 1. The molecule has 0 heterocycles. The lowest BCUT2D eigenvalue weighted by Crippen LogP contribution is -2.27. The summed E-state index contributed by atoms with van der Waals surface area (Å²) in [6.07, 6.45) is 3.75. The van der Waals surface area contributed by atoms with Crippen molar-refractivity contribution in [3.8, 4) is 0 Å². The predicted octanol–water partition coefficient (Wildman–Crippen LogP) is 2.28. The molecule has 0 rings (SSSR count). The van der Waals surface area contributed by atoms with Crippen LogP contribution in [0.15, 0.2) is 24.8 Å². The average Bonchev–Trinajstić information content (AvgIpc) is 2.13. The molecule has 0 fully saturated rings. The van der Waals surface area contributed by atoms with Crippen molar-refractivity contribution in [1.29, 1.82) is 0 Å². The van der Waals surface area contributed by atoms with Gasteiger partial charge < -0.3 is 5.32 Å². The number of rotatable bonds is 6. The summed E-state index contributed by atoms with van der Waals surface area (Å²) in [5, 5.41) is 2.71. The molecular formula is C11H19NO. The second-order valence-electron chi connectivity index (χ2n) is 3.21. The molecule has 1 amide bonds. The first kappa shape index (κ1) is 11.9. The van der Waals surface area contributed by atoms with Crippen LogP contribution in [0.5, 0.6) is 0 Å². The van der Waals surface area contributed by atoms with Gasteiger partial charge in [-0.05, 0) is 12.3 Å². The molecule has 1 unspecified atom stereocenters. The first-order chi connectivity index (χ1) is 6.13. The number of nitrogens with one attached hydrogen (secondary N) is 1. The van der Waals surface area contributed by atoms with Crippen LogP contribution in [0.4, 0.5) is 0 Å². The highest BCUT2D eigenvalue weighted by atomic mass is 16.1. The van der Waals surface area contributed by atoms with Crippen molar-refractivity contribution < 1.29 is 4.79 Å². The zero-order chi connectivity index (χ0) is 10.3. The number of hydrogen-bond donors (Lipinski definition) is 1. The molecule has 0 aliphatic carbocycles. The third kappa shape index (κ3) is 4.51. The van der Waals surface area contributed by atoms with Crippen LogP contribution < -0.4 is 5.32 Å². The Morgan fingerprint density at radius 1 is 1.62 bits per heavy atom. The first-order valence-corrected chi connectivity index (χ1v) is 4.71.